The number of nitrogens with zero attached hydrogens (tertiary/aromatic N) is 5. The van der Waals surface area contributed by atoms with Crippen molar-refractivity contribution in [2.75, 3.05) is 36.0 Å². The minimum atomic E-state index is 0.669. The molecule has 0 radical (unpaired) electrons. The zero-order chi connectivity index (χ0) is 14.8. The summed E-state index contributed by atoms with van der Waals surface area (Å²) in [7, 11) is 0. The van der Waals surface area contributed by atoms with E-state index in [1.807, 2.05) is 32.2 Å². The van der Waals surface area contributed by atoms with E-state index in [2.05, 4.69) is 24.8 Å². The first kappa shape index (κ1) is 14.1. The van der Waals surface area contributed by atoms with Gasteiger partial charge in [0.1, 0.15) is 11.6 Å². The summed E-state index contributed by atoms with van der Waals surface area (Å²) >= 11 is 5.88. The number of rotatable bonds is 2. The third-order valence-electron chi connectivity index (χ3n) is 3.67. The van der Waals surface area contributed by atoms with E-state index in [0.29, 0.717) is 5.02 Å². The van der Waals surface area contributed by atoms with Crippen LogP contribution in [0.4, 0.5) is 11.6 Å². The summed E-state index contributed by atoms with van der Waals surface area (Å²) in [6, 6.07) is 3.85. The molecular formula is C15H18ClN5. The molecule has 3 heterocycles. The van der Waals surface area contributed by atoms with Crippen molar-refractivity contribution in [1.82, 2.24) is 15.0 Å². The summed E-state index contributed by atoms with van der Waals surface area (Å²) in [5.74, 6) is 1.98. The molecule has 0 amide bonds. The van der Waals surface area contributed by atoms with Gasteiger partial charge in [0.15, 0.2) is 0 Å². The summed E-state index contributed by atoms with van der Waals surface area (Å²) in [6.45, 7) is 7.67. The van der Waals surface area contributed by atoms with Crippen molar-refractivity contribution in [2.45, 2.75) is 13.8 Å². The lowest BCUT2D eigenvalue weighted by atomic mass is 10.2. The summed E-state index contributed by atoms with van der Waals surface area (Å²) in [5.41, 5.74) is 1.94. The number of halogens is 1. The molecule has 1 fully saturated rings. The maximum atomic E-state index is 5.88. The van der Waals surface area contributed by atoms with Gasteiger partial charge in [0.2, 0.25) is 0 Å². The van der Waals surface area contributed by atoms with Crippen molar-refractivity contribution in [3.63, 3.8) is 0 Å². The number of aryl methyl sites for hydroxylation is 2. The maximum absolute atomic E-state index is 5.88. The number of hydrogen-bond acceptors (Lipinski definition) is 5. The standard InChI is InChI=1S/C15H18ClN5/c1-11-9-17-12(2)15(19-11)21-7-5-20(6-8-21)14-4-3-13(16)10-18-14/h3-4,9-10H,5-8H2,1-2H3. The number of pyridine rings is 1. The van der Waals surface area contributed by atoms with Crippen LogP contribution in [0.25, 0.3) is 0 Å². The molecule has 6 heteroatoms. The Balaban J connectivity index is 1.70. The number of aromatic nitrogens is 3. The normalized spacial score (nSPS) is 15.4. The Morgan fingerprint density at radius 1 is 0.952 bits per heavy atom. The average Bonchev–Trinajstić information content (AvgIpc) is 2.51. The predicted molar refractivity (Wildman–Crippen MR) is 85.2 cm³/mol. The van der Waals surface area contributed by atoms with Crippen LogP contribution in [0.5, 0.6) is 0 Å². The summed E-state index contributed by atoms with van der Waals surface area (Å²) in [4.78, 5) is 18.0. The second-order valence-corrected chi connectivity index (χ2v) is 5.67. The average molecular weight is 304 g/mol. The van der Waals surface area contributed by atoms with Crippen molar-refractivity contribution in [3.8, 4) is 0 Å². The van der Waals surface area contributed by atoms with Crippen LogP contribution in [-0.4, -0.2) is 41.1 Å². The Morgan fingerprint density at radius 2 is 1.67 bits per heavy atom. The third-order valence-corrected chi connectivity index (χ3v) is 3.89. The molecule has 110 valence electrons. The van der Waals surface area contributed by atoms with E-state index in [1.165, 1.54) is 0 Å². The first-order valence-electron chi connectivity index (χ1n) is 7.05. The molecule has 0 spiro atoms. The van der Waals surface area contributed by atoms with Gasteiger partial charge >= 0.3 is 0 Å². The lowest BCUT2D eigenvalue weighted by Crippen LogP contribution is -2.47. The van der Waals surface area contributed by atoms with Gasteiger partial charge in [-0.3, -0.25) is 4.98 Å². The fraction of sp³-hybridized carbons (Fsp3) is 0.400. The lowest BCUT2D eigenvalue weighted by Gasteiger charge is -2.36. The molecule has 2 aromatic rings. The molecule has 1 aliphatic rings. The minimum absolute atomic E-state index is 0.669. The molecule has 21 heavy (non-hydrogen) atoms. The molecule has 1 saturated heterocycles. The van der Waals surface area contributed by atoms with Crippen LogP contribution in [-0.2, 0) is 0 Å². The molecule has 1 aliphatic heterocycles. The van der Waals surface area contributed by atoms with Crippen molar-refractivity contribution in [2.24, 2.45) is 0 Å². The highest BCUT2D eigenvalue weighted by atomic mass is 35.5. The van der Waals surface area contributed by atoms with Gasteiger partial charge in [0.05, 0.1) is 16.4 Å². The quantitative estimate of drug-likeness (QED) is 0.853. The highest BCUT2D eigenvalue weighted by Gasteiger charge is 2.20. The zero-order valence-corrected chi connectivity index (χ0v) is 13.0. The molecule has 0 atom stereocenters. The summed E-state index contributed by atoms with van der Waals surface area (Å²) < 4.78 is 0. The SMILES string of the molecule is Cc1cnc(C)c(N2CCN(c3ccc(Cl)cn3)CC2)n1. The van der Waals surface area contributed by atoms with Gasteiger partial charge < -0.3 is 9.80 Å². The van der Waals surface area contributed by atoms with Gasteiger partial charge in [-0.25, -0.2) is 9.97 Å². The summed E-state index contributed by atoms with van der Waals surface area (Å²) in [6.07, 6.45) is 3.51. The monoisotopic (exact) mass is 303 g/mol. The largest absolute Gasteiger partial charge is 0.353 e. The molecule has 5 nitrogen and oxygen atoms in total. The van der Waals surface area contributed by atoms with Crippen LogP contribution < -0.4 is 9.80 Å². The molecule has 0 N–H and O–H groups in total. The van der Waals surface area contributed by atoms with Gasteiger partial charge in [-0.15, -0.1) is 0 Å². The van der Waals surface area contributed by atoms with Crippen LogP contribution in [0.2, 0.25) is 5.02 Å². The first-order chi connectivity index (χ1) is 10.1. The lowest BCUT2D eigenvalue weighted by molar-refractivity contribution is 0.638. The topological polar surface area (TPSA) is 45.2 Å². The molecule has 0 aromatic carbocycles. The number of piperazine rings is 1. The minimum Gasteiger partial charge on any atom is -0.353 e. The van der Waals surface area contributed by atoms with Crippen LogP contribution in [0.1, 0.15) is 11.4 Å². The summed E-state index contributed by atoms with van der Waals surface area (Å²) in [5, 5.41) is 0.669. The maximum Gasteiger partial charge on any atom is 0.150 e. The molecule has 0 bridgehead atoms. The molecule has 0 unspecified atom stereocenters. The van der Waals surface area contributed by atoms with Crippen LogP contribution in [0, 0.1) is 13.8 Å². The van der Waals surface area contributed by atoms with E-state index in [4.69, 9.17) is 11.6 Å². The Kier molecular flexibility index (Phi) is 3.92. The van der Waals surface area contributed by atoms with E-state index < -0.39 is 0 Å². The van der Waals surface area contributed by atoms with Crippen molar-refractivity contribution in [3.05, 3.63) is 40.9 Å². The smallest absolute Gasteiger partial charge is 0.150 e. The van der Waals surface area contributed by atoms with Gasteiger partial charge in [-0.05, 0) is 26.0 Å². The molecule has 0 aliphatic carbocycles. The van der Waals surface area contributed by atoms with E-state index in [1.54, 1.807) is 6.20 Å². The second-order valence-electron chi connectivity index (χ2n) is 5.23. The van der Waals surface area contributed by atoms with Crippen molar-refractivity contribution >= 4 is 23.2 Å². The molecule has 2 aromatic heterocycles. The molecule has 3 rings (SSSR count). The first-order valence-corrected chi connectivity index (χ1v) is 7.43. The van der Waals surface area contributed by atoms with E-state index in [-0.39, 0.29) is 0 Å². The zero-order valence-electron chi connectivity index (χ0n) is 12.3. The fourth-order valence-electron chi connectivity index (χ4n) is 2.53. The highest BCUT2D eigenvalue weighted by molar-refractivity contribution is 6.30. The van der Waals surface area contributed by atoms with E-state index in [0.717, 1.165) is 49.2 Å². The number of anilines is 2. The highest BCUT2D eigenvalue weighted by Crippen LogP contribution is 2.20. The van der Waals surface area contributed by atoms with Crippen LogP contribution in [0.15, 0.2) is 24.5 Å². The van der Waals surface area contributed by atoms with Gasteiger partial charge in [0, 0.05) is 38.6 Å². The Bertz CT molecular complexity index is 620. The van der Waals surface area contributed by atoms with Crippen molar-refractivity contribution in [1.29, 1.82) is 0 Å². The third kappa shape index (κ3) is 3.08. The Hall–Kier alpha value is -1.88. The van der Waals surface area contributed by atoms with Crippen LogP contribution in [0.3, 0.4) is 0 Å². The Labute approximate surface area is 129 Å². The molecular weight excluding hydrogens is 286 g/mol. The van der Waals surface area contributed by atoms with Gasteiger partial charge in [0.25, 0.3) is 0 Å². The predicted octanol–water partition coefficient (Wildman–Crippen LogP) is 2.47. The van der Waals surface area contributed by atoms with Crippen molar-refractivity contribution < 1.29 is 0 Å². The second kappa shape index (κ2) is 5.85. The van der Waals surface area contributed by atoms with Gasteiger partial charge in [-0.2, -0.15) is 0 Å². The van der Waals surface area contributed by atoms with E-state index in [9.17, 15) is 0 Å². The fourth-order valence-corrected chi connectivity index (χ4v) is 2.64. The van der Waals surface area contributed by atoms with E-state index >= 15 is 0 Å². The van der Waals surface area contributed by atoms with Gasteiger partial charge in [-0.1, -0.05) is 11.6 Å². The Morgan fingerprint density at radius 3 is 2.33 bits per heavy atom. The van der Waals surface area contributed by atoms with Crippen LogP contribution >= 0.6 is 11.6 Å². The molecule has 0 saturated carbocycles. The number of hydrogen-bond donors (Lipinski definition) is 0.